The molecule has 4 nitrogen and oxygen atoms in total. The summed E-state index contributed by atoms with van der Waals surface area (Å²) in [5, 5.41) is 6.94. The molecule has 0 spiro atoms. The molecule has 0 aliphatic carbocycles. The second-order valence-corrected chi connectivity index (χ2v) is 7.65. The van der Waals surface area contributed by atoms with Crippen LogP contribution < -0.4 is 10.6 Å². The standard InChI is InChI=1S/C17H31N3O/c1-12(2)20-7-5-14(6-8-20)19-17(21)11-13-9-15-3-4-16(10-13)18-15/h12-16,18H,3-11H2,1-2H3,(H,19,21). The highest BCUT2D eigenvalue weighted by molar-refractivity contribution is 5.76. The molecule has 1 amide bonds. The first-order valence-corrected chi connectivity index (χ1v) is 8.89. The van der Waals surface area contributed by atoms with Gasteiger partial charge in [0.1, 0.15) is 0 Å². The summed E-state index contributed by atoms with van der Waals surface area (Å²) in [6.45, 7) is 6.76. The lowest BCUT2D eigenvalue weighted by molar-refractivity contribution is -0.123. The quantitative estimate of drug-likeness (QED) is 0.832. The van der Waals surface area contributed by atoms with Gasteiger partial charge in [-0.15, -0.1) is 0 Å². The van der Waals surface area contributed by atoms with E-state index in [0.717, 1.165) is 32.4 Å². The van der Waals surface area contributed by atoms with Crippen LogP contribution in [0.1, 0.15) is 58.8 Å². The van der Waals surface area contributed by atoms with Gasteiger partial charge >= 0.3 is 0 Å². The zero-order valence-electron chi connectivity index (χ0n) is 13.6. The van der Waals surface area contributed by atoms with Gasteiger partial charge in [-0.25, -0.2) is 0 Å². The van der Waals surface area contributed by atoms with Gasteiger partial charge < -0.3 is 15.5 Å². The fourth-order valence-corrected chi connectivity index (χ4v) is 4.45. The maximum atomic E-state index is 12.3. The molecule has 3 rings (SSSR count). The highest BCUT2D eigenvalue weighted by Crippen LogP contribution is 2.32. The molecule has 3 heterocycles. The number of carbonyl (C=O) groups is 1. The molecule has 0 aromatic rings. The highest BCUT2D eigenvalue weighted by Gasteiger charge is 2.34. The van der Waals surface area contributed by atoms with Gasteiger partial charge in [-0.2, -0.15) is 0 Å². The predicted octanol–water partition coefficient (Wildman–Crippen LogP) is 1.90. The van der Waals surface area contributed by atoms with Crippen LogP contribution in [0.25, 0.3) is 0 Å². The molecule has 0 saturated carbocycles. The molecule has 0 radical (unpaired) electrons. The van der Waals surface area contributed by atoms with Crippen molar-refractivity contribution in [3.05, 3.63) is 0 Å². The Morgan fingerprint density at radius 2 is 1.76 bits per heavy atom. The molecule has 3 aliphatic heterocycles. The molecule has 3 aliphatic rings. The van der Waals surface area contributed by atoms with Crippen LogP contribution in [-0.4, -0.2) is 48.1 Å². The van der Waals surface area contributed by atoms with E-state index in [4.69, 9.17) is 0 Å². The number of rotatable bonds is 4. The van der Waals surface area contributed by atoms with Gasteiger partial charge in [0.15, 0.2) is 0 Å². The Kier molecular flexibility index (Phi) is 4.85. The van der Waals surface area contributed by atoms with E-state index in [9.17, 15) is 4.79 Å². The summed E-state index contributed by atoms with van der Waals surface area (Å²) >= 11 is 0. The summed E-state index contributed by atoms with van der Waals surface area (Å²) in [4.78, 5) is 14.8. The van der Waals surface area contributed by atoms with Crippen molar-refractivity contribution in [1.29, 1.82) is 0 Å². The largest absolute Gasteiger partial charge is 0.353 e. The molecule has 2 N–H and O–H groups in total. The third-order valence-electron chi connectivity index (χ3n) is 5.67. The molecular weight excluding hydrogens is 262 g/mol. The van der Waals surface area contributed by atoms with Gasteiger partial charge in [-0.3, -0.25) is 4.79 Å². The Morgan fingerprint density at radius 3 is 2.33 bits per heavy atom. The third-order valence-corrected chi connectivity index (χ3v) is 5.67. The van der Waals surface area contributed by atoms with Gasteiger partial charge in [0.05, 0.1) is 0 Å². The molecule has 0 aromatic heterocycles. The van der Waals surface area contributed by atoms with Crippen LogP contribution in [0, 0.1) is 5.92 Å². The molecule has 3 saturated heterocycles. The average Bonchev–Trinajstić information content (AvgIpc) is 2.78. The average molecular weight is 293 g/mol. The first-order valence-electron chi connectivity index (χ1n) is 8.89. The van der Waals surface area contributed by atoms with Crippen molar-refractivity contribution in [2.24, 2.45) is 5.92 Å². The van der Waals surface area contributed by atoms with Crippen LogP contribution in [0.2, 0.25) is 0 Å². The van der Waals surface area contributed by atoms with E-state index < -0.39 is 0 Å². The van der Waals surface area contributed by atoms with E-state index >= 15 is 0 Å². The van der Waals surface area contributed by atoms with Crippen LogP contribution in [0.3, 0.4) is 0 Å². The molecule has 120 valence electrons. The van der Waals surface area contributed by atoms with Crippen molar-refractivity contribution in [2.45, 2.75) is 83.0 Å². The van der Waals surface area contributed by atoms with Gasteiger partial charge in [0, 0.05) is 43.7 Å². The number of piperidine rings is 2. The van der Waals surface area contributed by atoms with Crippen LogP contribution in [0.5, 0.6) is 0 Å². The minimum Gasteiger partial charge on any atom is -0.353 e. The number of hydrogen-bond donors (Lipinski definition) is 2. The summed E-state index contributed by atoms with van der Waals surface area (Å²) in [7, 11) is 0. The maximum absolute atomic E-state index is 12.3. The number of fused-ring (bicyclic) bond motifs is 2. The number of amides is 1. The Labute approximate surface area is 129 Å². The molecule has 0 aromatic carbocycles. The number of carbonyl (C=O) groups excluding carboxylic acids is 1. The maximum Gasteiger partial charge on any atom is 0.220 e. The zero-order valence-corrected chi connectivity index (χ0v) is 13.6. The minimum atomic E-state index is 0.296. The molecule has 4 heteroatoms. The van der Waals surface area contributed by atoms with Gasteiger partial charge in [0.25, 0.3) is 0 Å². The predicted molar refractivity (Wildman–Crippen MR) is 85.2 cm³/mol. The van der Waals surface area contributed by atoms with Crippen molar-refractivity contribution in [3.63, 3.8) is 0 Å². The SMILES string of the molecule is CC(C)N1CCC(NC(=O)CC2CC3CCC(C2)N3)CC1. The smallest absolute Gasteiger partial charge is 0.220 e. The van der Waals surface area contributed by atoms with E-state index in [1.54, 1.807) is 0 Å². The van der Waals surface area contributed by atoms with Crippen molar-refractivity contribution in [3.8, 4) is 0 Å². The second-order valence-electron chi connectivity index (χ2n) is 7.65. The van der Waals surface area contributed by atoms with Gasteiger partial charge in [-0.1, -0.05) is 0 Å². The molecule has 2 atom stereocenters. The highest BCUT2D eigenvalue weighted by atomic mass is 16.1. The molecule has 2 bridgehead atoms. The molecule has 2 unspecified atom stereocenters. The normalized spacial score (nSPS) is 34.3. The Hall–Kier alpha value is -0.610. The monoisotopic (exact) mass is 293 g/mol. The van der Waals surface area contributed by atoms with E-state index in [1.165, 1.54) is 25.7 Å². The van der Waals surface area contributed by atoms with Gasteiger partial charge in [0.2, 0.25) is 5.91 Å². The third kappa shape index (κ3) is 3.98. The minimum absolute atomic E-state index is 0.296. The Balaban J connectivity index is 1.39. The number of nitrogens with one attached hydrogen (secondary N) is 2. The molecule has 21 heavy (non-hydrogen) atoms. The van der Waals surface area contributed by atoms with Crippen LogP contribution in [-0.2, 0) is 4.79 Å². The summed E-state index contributed by atoms with van der Waals surface area (Å²) in [6.07, 6.45) is 8.01. The second kappa shape index (κ2) is 6.66. The summed E-state index contributed by atoms with van der Waals surface area (Å²) in [5.41, 5.74) is 0. The van der Waals surface area contributed by atoms with Crippen LogP contribution in [0.4, 0.5) is 0 Å². The first kappa shape index (κ1) is 15.3. The van der Waals surface area contributed by atoms with Crippen molar-refractivity contribution < 1.29 is 4.79 Å². The number of hydrogen-bond acceptors (Lipinski definition) is 3. The summed E-state index contributed by atoms with van der Waals surface area (Å²) in [6, 6.07) is 2.42. The summed E-state index contributed by atoms with van der Waals surface area (Å²) in [5.74, 6) is 0.906. The number of likely N-dealkylation sites (tertiary alicyclic amines) is 1. The molecular formula is C17H31N3O. The number of nitrogens with zero attached hydrogens (tertiary/aromatic N) is 1. The lowest BCUT2D eigenvalue weighted by Crippen LogP contribution is -2.47. The Morgan fingerprint density at radius 1 is 1.14 bits per heavy atom. The Bertz CT molecular complexity index is 351. The van der Waals surface area contributed by atoms with Gasteiger partial charge in [-0.05, 0) is 58.3 Å². The fourth-order valence-electron chi connectivity index (χ4n) is 4.45. The van der Waals surface area contributed by atoms with Crippen LogP contribution in [0.15, 0.2) is 0 Å². The van der Waals surface area contributed by atoms with Crippen LogP contribution >= 0.6 is 0 Å². The fraction of sp³-hybridized carbons (Fsp3) is 0.941. The molecule has 3 fully saturated rings. The van der Waals surface area contributed by atoms with Crippen molar-refractivity contribution >= 4 is 5.91 Å². The van der Waals surface area contributed by atoms with E-state index in [0.29, 0.717) is 36.0 Å². The lowest BCUT2D eigenvalue weighted by atomic mass is 9.89. The van der Waals surface area contributed by atoms with E-state index in [-0.39, 0.29) is 0 Å². The summed E-state index contributed by atoms with van der Waals surface area (Å²) < 4.78 is 0. The van der Waals surface area contributed by atoms with E-state index in [2.05, 4.69) is 29.4 Å². The first-order chi connectivity index (χ1) is 10.1. The lowest BCUT2D eigenvalue weighted by Gasteiger charge is -2.35. The van der Waals surface area contributed by atoms with Crippen molar-refractivity contribution in [1.82, 2.24) is 15.5 Å². The topological polar surface area (TPSA) is 44.4 Å². The zero-order chi connectivity index (χ0) is 14.8. The van der Waals surface area contributed by atoms with Crippen molar-refractivity contribution in [2.75, 3.05) is 13.1 Å². The van der Waals surface area contributed by atoms with E-state index in [1.807, 2.05) is 0 Å².